The Morgan fingerprint density at radius 3 is 2.29 bits per heavy atom. The van der Waals surface area contributed by atoms with Crippen molar-refractivity contribution < 1.29 is 4.79 Å². The van der Waals surface area contributed by atoms with Gasteiger partial charge in [-0.05, 0) is 23.5 Å². The third kappa shape index (κ3) is 2.69. The van der Waals surface area contributed by atoms with Crippen molar-refractivity contribution in [1.29, 1.82) is 0 Å². The first-order valence-corrected chi connectivity index (χ1v) is 4.99. The Morgan fingerprint density at radius 1 is 1.21 bits per heavy atom. The average Bonchev–Trinajstić information content (AvgIpc) is 2.01. The van der Waals surface area contributed by atoms with Crippen molar-refractivity contribution in [1.82, 2.24) is 0 Å². The first-order chi connectivity index (χ1) is 6.41. The van der Waals surface area contributed by atoms with Crippen LogP contribution in [-0.2, 0) is 16.6 Å². The molecule has 0 spiro atoms. The second-order valence-corrected chi connectivity index (χ2v) is 4.79. The Hall–Kier alpha value is -1.11. The summed E-state index contributed by atoms with van der Waals surface area (Å²) >= 11 is 0. The summed E-state index contributed by atoms with van der Waals surface area (Å²) < 4.78 is 0. The molecule has 0 bridgehead atoms. The van der Waals surface area contributed by atoms with Gasteiger partial charge in [-0.3, -0.25) is 4.79 Å². The molecule has 0 amide bonds. The number of rotatable bonds is 2. The van der Waals surface area contributed by atoms with Gasteiger partial charge in [0.2, 0.25) is 0 Å². The van der Waals surface area contributed by atoms with Gasteiger partial charge < -0.3 is 0 Å². The van der Waals surface area contributed by atoms with Gasteiger partial charge in [0, 0.05) is 6.42 Å². The minimum Gasteiger partial charge on any atom is -0.300 e. The van der Waals surface area contributed by atoms with Gasteiger partial charge in [0.25, 0.3) is 0 Å². The van der Waals surface area contributed by atoms with E-state index in [2.05, 4.69) is 26.8 Å². The molecule has 1 heteroatoms. The van der Waals surface area contributed by atoms with Crippen LogP contribution in [0.1, 0.15) is 38.8 Å². The highest BCUT2D eigenvalue weighted by molar-refractivity contribution is 5.78. The topological polar surface area (TPSA) is 17.1 Å². The van der Waals surface area contributed by atoms with Crippen molar-refractivity contribution in [2.75, 3.05) is 0 Å². The summed E-state index contributed by atoms with van der Waals surface area (Å²) in [5.41, 5.74) is 2.55. The van der Waals surface area contributed by atoms with E-state index in [4.69, 9.17) is 0 Å². The summed E-state index contributed by atoms with van der Waals surface area (Å²) in [6.45, 7) is 8.16. The van der Waals surface area contributed by atoms with Crippen LogP contribution in [0.2, 0.25) is 0 Å². The lowest BCUT2D eigenvalue weighted by atomic mass is 9.82. The Balaban J connectivity index is 3.10. The highest BCUT2D eigenvalue weighted by Gasteiger charge is 2.17. The Kier molecular flexibility index (Phi) is 3.10. The summed E-state index contributed by atoms with van der Waals surface area (Å²) in [4.78, 5) is 11.1. The molecule has 0 aromatic heterocycles. The first kappa shape index (κ1) is 11.0. The van der Waals surface area contributed by atoms with E-state index in [0.717, 1.165) is 5.56 Å². The summed E-state index contributed by atoms with van der Waals surface area (Å²) in [5, 5.41) is 0. The van der Waals surface area contributed by atoms with E-state index in [9.17, 15) is 4.79 Å². The van der Waals surface area contributed by atoms with Crippen LogP contribution in [0.4, 0.5) is 0 Å². The number of carbonyl (C=O) groups excluding carboxylic acids is 1. The maximum absolute atomic E-state index is 11.1. The molecule has 0 N–H and O–H groups in total. The fourth-order valence-electron chi connectivity index (χ4n) is 1.67. The molecule has 0 aliphatic rings. The fraction of sp³-hybridized carbons (Fsp3) is 0.462. The standard InChI is InChI=1S/C13H18O/c1-10(14)9-11-7-5-6-8-12(11)13(2,3)4/h5-8H,9H2,1-4H3. The van der Waals surface area contributed by atoms with Crippen LogP contribution in [0.5, 0.6) is 0 Å². The Morgan fingerprint density at radius 2 is 1.79 bits per heavy atom. The van der Waals surface area contributed by atoms with Gasteiger partial charge in [0.15, 0.2) is 0 Å². The highest BCUT2D eigenvalue weighted by atomic mass is 16.1. The second-order valence-electron chi connectivity index (χ2n) is 4.79. The Labute approximate surface area is 86.1 Å². The van der Waals surface area contributed by atoms with Gasteiger partial charge in [0.05, 0.1) is 0 Å². The molecule has 0 aliphatic heterocycles. The summed E-state index contributed by atoms with van der Waals surface area (Å²) in [6.07, 6.45) is 0.549. The number of hydrogen-bond acceptors (Lipinski definition) is 1. The molecule has 76 valence electrons. The van der Waals surface area contributed by atoms with Crippen LogP contribution in [0.25, 0.3) is 0 Å². The lowest BCUT2D eigenvalue weighted by Crippen LogP contribution is -2.15. The minimum atomic E-state index is 0.117. The molecule has 0 radical (unpaired) electrons. The second kappa shape index (κ2) is 3.95. The minimum absolute atomic E-state index is 0.117. The van der Waals surface area contributed by atoms with Crippen LogP contribution in [0.3, 0.4) is 0 Å². The zero-order valence-electron chi connectivity index (χ0n) is 9.42. The van der Waals surface area contributed by atoms with Crippen LogP contribution in [0.15, 0.2) is 24.3 Å². The molecule has 14 heavy (non-hydrogen) atoms. The molecule has 0 heterocycles. The molecular formula is C13H18O. The lowest BCUT2D eigenvalue weighted by Gasteiger charge is -2.22. The van der Waals surface area contributed by atoms with Gasteiger partial charge in [-0.25, -0.2) is 0 Å². The predicted molar refractivity (Wildman–Crippen MR) is 59.5 cm³/mol. The molecule has 0 unspecified atom stereocenters. The van der Waals surface area contributed by atoms with Gasteiger partial charge in [-0.1, -0.05) is 45.0 Å². The number of ketones is 1. The Bertz CT molecular complexity index is 331. The van der Waals surface area contributed by atoms with Gasteiger partial charge >= 0.3 is 0 Å². The van der Waals surface area contributed by atoms with Crippen molar-refractivity contribution in [3.63, 3.8) is 0 Å². The molecule has 0 saturated carbocycles. The maximum Gasteiger partial charge on any atom is 0.134 e. The van der Waals surface area contributed by atoms with E-state index in [1.54, 1.807) is 6.92 Å². The van der Waals surface area contributed by atoms with Crippen LogP contribution in [0, 0.1) is 0 Å². The molecule has 0 atom stereocenters. The monoisotopic (exact) mass is 190 g/mol. The SMILES string of the molecule is CC(=O)Cc1ccccc1C(C)(C)C. The quantitative estimate of drug-likeness (QED) is 0.700. The predicted octanol–water partition coefficient (Wildman–Crippen LogP) is 3.12. The van der Waals surface area contributed by atoms with E-state index < -0.39 is 0 Å². The van der Waals surface area contributed by atoms with Crippen molar-refractivity contribution in [3.05, 3.63) is 35.4 Å². The summed E-state index contributed by atoms with van der Waals surface area (Å²) in [7, 11) is 0. The summed E-state index contributed by atoms with van der Waals surface area (Å²) in [5.74, 6) is 0.224. The van der Waals surface area contributed by atoms with E-state index >= 15 is 0 Å². The number of carbonyl (C=O) groups is 1. The van der Waals surface area contributed by atoms with Crippen LogP contribution >= 0.6 is 0 Å². The lowest BCUT2D eigenvalue weighted by molar-refractivity contribution is -0.116. The number of hydrogen-bond donors (Lipinski definition) is 0. The first-order valence-electron chi connectivity index (χ1n) is 4.99. The van der Waals surface area contributed by atoms with Crippen molar-refractivity contribution in [2.24, 2.45) is 0 Å². The molecule has 0 fully saturated rings. The van der Waals surface area contributed by atoms with E-state index in [0.29, 0.717) is 6.42 Å². The number of Topliss-reactive ketones (excluding diaryl/α,β-unsaturated/α-hetero) is 1. The maximum atomic E-state index is 11.1. The van der Waals surface area contributed by atoms with Gasteiger partial charge in [0.1, 0.15) is 5.78 Å². The molecule has 1 rings (SSSR count). The molecular weight excluding hydrogens is 172 g/mol. The van der Waals surface area contributed by atoms with Crippen molar-refractivity contribution in [2.45, 2.75) is 39.5 Å². The van der Waals surface area contributed by atoms with Gasteiger partial charge in [-0.15, -0.1) is 0 Å². The smallest absolute Gasteiger partial charge is 0.134 e. The highest BCUT2D eigenvalue weighted by Crippen LogP contribution is 2.25. The largest absolute Gasteiger partial charge is 0.300 e. The normalized spacial score (nSPS) is 11.4. The van der Waals surface area contributed by atoms with Crippen LogP contribution in [-0.4, -0.2) is 5.78 Å². The van der Waals surface area contributed by atoms with E-state index in [1.165, 1.54) is 5.56 Å². The molecule has 0 aliphatic carbocycles. The van der Waals surface area contributed by atoms with Crippen LogP contribution < -0.4 is 0 Å². The molecule has 1 nitrogen and oxygen atoms in total. The van der Waals surface area contributed by atoms with E-state index in [-0.39, 0.29) is 11.2 Å². The number of benzene rings is 1. The van der Waals surface area contributed by atoms with Gasteiger partial charge in [-0.2, -0.15) is 0 Å². The fourth-order valence-corrected chi connectivity index (χ4v) is 1.67. The zero-order valence-corrected chi connectivity index (χ0v) is 9.42. The zero-order chi connectivity index (χ0) is 10.8. The summed E-state index contributed by atoms with van der Waals surface area (Å²) in [6, 6.07) is 8.18. The third-order valence-electron chi connectivity index (χ3n) is 2.26. The molecule has 1 aromatic carbocycles. The van der Waals surface area contributed by atoms with E-state index in [1.807, 2.05) is 18.2 Å². The molecule has 0 saturated heterocycles. The van der Waals surface area contributed by atoms with Crippen molar-refractivity contribution >= 4 is 5.78 Å². The average molecular weight is 190 g/mol. The van der Waals surface area contributed by atoms with Crippen molar-refractivity contribution in [3.8, 4) is 0 Å². The molecule has 1 aromatic rings. The third-order valence-corrected chi connectivity index (χ3v) is 2.26.